The van der Waals surface area contributed by atoms with Gasteiger partial charge >= 0.3 is 0 Å². The van der Waals surface area contributed by atoms with Crippen molar-refractivity contribution in [3.8, 4) is 5.82 Å². The Balaban J connectivity index is 0.000000143. The molecule has 0 radical (unpaired) electrons. The van der Waals surface area contributed by atoms with Gasteiger partial charge in [-0.15, -0.1) is 10.2 Å². The van der Waals surface area contributed by atoms with Crippen molar-refractivity contribution in [3.05, 3.63) is 96.1 Å². The van der Waals surface area contributed by atoms with Gasteiger partial charge in [-0.3, -0.25) is 14.2 Å². The van der Waals surface area contributed by atoms with E-state index in [4.69, 9.17) is 46.3 Å². The van der Waals surface area contributed by atoms with Crippen molar-refractivity contribution in [2.24, 2.45) is 0 Å². The molecule has 0 aliphatic heterocycles. The van der Waals surface area contributed by atoms with Crippen LogP contribution in [-0.4, -0.2) is 29.9 Å². The van der Waals surface area contributed by atoms with Crippen molar-refractivity contribution in [2.45, 2.75) is 37.5 Å². The molecular formula is C24H23Cl3N8O2. The number of anilines is 2. The van der Waals surface area contributed by atoms with Crippen LogP contribution in [0.5, 0.6) is 0 Å². The maximum absolute atomic E-state index is 11.9. The summed E-state index contributed by atoms with van der Waals surface area (Å²) in [6, 6.07) is 10.2. The van der Waals surface area contributed by atoms with Crippen LogP contribution < -0.4 is 22.6 Å². The number of H-pyrrole nitrogens is 1. The number of nitrogen functional groups attached to an aromatic ring is 2. The fourth-order valence-electron chi connectivity index (χ4n) is 3.20. The summed E-state index contributed by atoms with van der Waals surface area (Å²) in [6.07, 6.45) is 7.73. The minimum Gasteiger partial charge on any atom is -0.394 e. The van der Waals surface area contributed by atoms with Crippen LogP contribution in [-0.2, 0) is 0 Å². The zero-order chi connectivity index (χ0) is 26.5. The average molecular weight is 562 g/mol. The van der Waals surface area contributed by atoms with E-state index in [-0.39, 0.29) is 22.5 Å². The van der Waals surface area contributed by atoms with Gasteiger partial charge in [-0.2, -0.15) is 10.2 Å². The molecule has 0 aromatic carbocycles. The SMILES string of the molecule is Clc1ccc(C2CC2)nn1.Nc1cc(Cl)c[nH]c1=O.Nc1cc(Cl)cn(-c2ccc(C3CC3)nn2)c1=O. The Morgan fingerprint density at radius 1 is 0.784 bits per heavy atom. The molecule has 10 nitrogen and oxygen atoms in total. The molecule has 2 aliphatic rings. The number of hydrogen-bond donors (Lipinski definition) is 3. The van der Waals surface area contributed by atoms with E-state index in [2.05, 4.69) is 25.4 Å². The molecule has 192 valence electrons. The fourth-order valence-corrected chi connectivity index (χ4v) is 3.68. The first-order valence-corrected chi connectivity index (χ1v) is 12.5. The molecule has 4 heterocycles. The Morgan fingerprint density at radius 2 is 1.38 bits per heavy atom. The van der Waals surface area contributed by atoms with Gasteiger partial charge in [0.2, 0.25) is 0 Å². The van der Waals surface area contributed by atoms with E-state index < -0.39 is 0 Å². The van der Waals surface area contributed by atoms with Gasteiger partial charge < -0.3 is 16.5 Å². The van der Waals surface area contributed by atoms with E-state index in [9.17, 15) is 9.59 Å². The second-order valence-electron chi connectivity index (χ2n) is 8.54. The van der Waals surface area contributed by atoms with Crippen LogP contribution in [0, 0.1) is 0 Å². The molecule has 0 atom stereocenters. The number of aromatic nitrogens is 6. The van der Waals surface area contributed by atoms with Crippen molar-refractivity contribution >= 4 is 46.2 Å². The lowest BCUT2D eigenvalue weighted by Gasteiger charge is -2.06. The zero-order valence-electron chi connectivity index (χ0n) is 19.4. The number of nitrogens with one attached hydrogen (secondary N) is 1. The Bertz CT molecular complexity index is 1480. The summed E-state index contributed by atoms with van der Waals surface area (Å²) in [5, 5.41) is 17.2. The van der Waals surface area contributed by atoms with Gasteiger partial charge in [-0.25, -0.2) is 0 Å². The molecule has 0 unspecified atom stereocenters. The quantitative estimate of drug-likeness (QED) is 0.333. The Morgan fingerprint density at radius 3 is 1.86 bits per heavy atom. The Labute approximate surface area is 226 Å². The number of nitrogens with two attached hydrogens (primary N) is 2. The second-order valence-corrected chi connectivity index (χ2v) is 9.80. The van der Waals surface area contributed by atoms with E-state index in [1.165, 1.54) is 41.9 Å². The third kappa shape index (κ3) is 7.51. The average Bonchev–Trinajstić information content (AvgIpc) is 3.79. The first-order chi connectivity index (χ1) is 17.7. The van der Waals surface area contributed by atoms with Crippen molar-refractivity contribution in [2.75, 3.05) is 11.5 Å². The highest BCUT2D eigenvalue weighted by molar-refractivity contribution is 6.31. The lowest BCUT2D eigenvalue weighted by Crippen LogP contribution is -2.22. The highest BCUT2D eigenvalue weighted by atomic mass is 35.5. The summed E-state index contributed by atoms with van der Waals surface area (Å²) in [6.45, 7) is 0. The predicted octanol–water partition coefficient (Wildman–Crippen LogP) is 4.36. The van der Waals surface area contributed by atoms with Gasteiger partial charge in [-0.1, -0.05) is 34.8 Å². The van der Waals surface area contributed by atoms with Crippen molar-refractivity contribution in [3.63, 3.8) is 0 Å². The molecule has 4 aromatic heterocycles. The molecule has 13 heteroatoms. The smallest absolute Gasteiger partial charge is 0.279 e. The number of rotatable bonds is 3. The van der Waals surface area contributed by atoms with E-state index in [1.54, 1.807) is 12.1 Å². The van der Waals surface area contributed by atoms with Crippen LogP contribution in [0.3, 0.4) is 0 Å². The minimum atomic E-state index is -0.340. The number of hydrogen-bond acceptors (Lipinski definition) is 8. The van der Waals surface area contributed by atoms with Crippen LogP contribution in [0.2, 0.25) is 15.2 Å². The van der Waals surface area contributed by atoms with E-state index in [0.717, 1.165) is 24.2 Å². The standard InChI is InChI=1S/C12H11ClN4O.C7H7ClN2.C5H5ClN2O/c13-8-5-9(14)12(18)17(6-8)11-4-3-10(15-16-11)7-1-2-7;8-7-4-3-6(9-10-7)5-1-2-5;6-3-1-4(7)5(9)8-2-3/h3-7H,1-2,14H2;3-5H,1-2H2;1-2H,7H2,(H,8,9). The van der Waals surface area contributed by atoms with Crippen molar-refractivity contribution in [1.29, 1.82) is 0 Å². The lowest BCUT2D eigenvalue weighted by atomic mass is 10.3. The molecule has 4 aromatic rings. The number of aromatic amines is 1. The molecule has 0 spiro atoms. The largest absolute Gasteiger partial charge is 0.394 e. The van der Waals surface area contributed by atoms with Gasteiger partial charge in [0.05, 0.1) is 32.8 Å². The molecule has 0 saturated heterocycles. The first kappa shape index (κ1) is 26.6. The molecular weight excluding hydrogens is 539 g/mol. The van der Waals surface area contributed by atoms with Crippen molar-refractivity contribution < 1.29 is 0 Å². The first-order valence-electron chi connectivity index (χ1n) is 11.4. The summed E-state index contributed by atoms with van der Waals surface area (Å²) in [5.74, 6) is 1.64. The van der Waals surface area contributed by atoms with E-state index >= 15 is 0 Å². The molecule has 0 bridgehead atoms. The van der Waals surface area contributed by atoms with E-state index in [1.807, 2.05) is 12.1 Å². The third-order valence-electron chi connectivity index (χ3n) is 5.47. The number of pyridine rings is 2. The summed E-state index contributed by atoms with van der Waals surface area (Å²) < 4.78 is 1.31. The minimum absolute atomic E-state index is 0.0931. The van der Waals surface area contributed by atoms with Crippen LogP contribution >= 0.6 is 34.8 Å². The number of nitrogens with zero attached hydrogens (tertiary/aromatic N) is 5. The topological polar surface area (TPSA) is 158 Å². The predicted molar refractivity (Wildman–Crippen MR) is 145 cm³/mol. The molecule has 6 rings (SSSR count). The van der Waals surface area contributed by atoms with Gasteiger partial charge in [0.15, 0.2) is 11.0 Å². The van der Waals surface area contributed by atoms with Crippen LogP contribution in [0.15, 0.2) is 58.4 Å². The zero-order valence-corrected chi connectivity index (χ0v) is 21.7. The van der Waals surface area contributed by atoms with Crippen molar-refractivity contribution in [1.82, 2.24) is 29.9 Å². The van der Waals surface area contributed by atoms with Gasteiger partial charge in [0.25, 0.3) is 11.1 Å². The maximum Gasteiger partial charge on any atom is 0.279 e. The molecule has 2 fully saturated rings. The highest BCUT2D eigenvalue weighted by Gasteiger charge is 2.25. The summed E-state index contributed by atoms with van der Waals surface area (Å²) >= 11 is 16.9. The highest BCUT2D eigenvalue weighted by Crippen LogP contribution is 2.39. The van der Waals surface area contributed by atoms with Crippen LogP contribution in [0.4, 0.5) is 11.4 Å². The molecule has 2 aliphatic carbocycles. The van der Waals surface area contributed by atoms with Gasteiger partial charge in [-0.05, 0) is 62.1 Å². The lowest BCUT2D eigenvalue weighted by molar-refractivity contribution is 0.843. The van der Waals surface area contributed by atoms with Crippen LogP contribution in [0.1, 0.15) is 48.9 Å². The molecule has 37 heavy (non-hydrogen) atoms. The Kier molecular flexibility index (Phi) is 8.42. The van der Waals surface area contributed by atoms with Crippen LogP contribution in [0.25, 0.3) is 5.82 Å². The Hall–Kier alpha value is -3.47. The van der Waals surface area contributed by atoms with Gasteiger partial charge in [0.1, 0.15) is 0 Å². The van der Waals surface area contributed by atoms with Gasteiger partial charge in [0, 0.05) is 24.2 Å². The summed E-state index contributed by atoms with van der Waals surface area (Å²) in [5.41, 5.74) is 12.4. The van der Waals surface area contributed by atoms with E-state index in [0.29, 0.717) is 32.9 Å². The fraction of sp³-hybridized carbons (Fsp3) is 0.250. The summed E-state index contributed by atoms with van der Waals surface area (Å²) in [4.78, 5) is 24.8. The molecule has 0 amide bonds. The number of halogens is 3. The summed E-state index contributed by atoms with van der Waals surface area (Å²) in [7, 11) is 0. The monoisotopic (exact) mass is 560 g/mol. The second kappa shape index (κ2) is 11.7. The third-order valence-corrected chi connectivity index (χ3v) is 6.10. The normalized spacial score (nSPS) is 14.1. The molecule has 2 saturated carbocycles. The maximum atomic E-state index is 11.9. The molecule has 5 N–H and O–H groups in total.